The fourth-order valence-electron chi connectivity index (χ4n) is 1.75. The molecular weight excluding hydrogens is 252 g/mol. The zero-order valence-electron chi connectivity index (χ0n) is 10.2. The molecule has 0 unspecified atom stereocenters. The molecule has 0 saturated heterocycles. The van der Waals surface area contributed by atoms with Crippen LogP contribution in [0.15, 0.2) is 82.3 Å². The lowest BCUT2D eigenvalue weighted by atomic mass is 10.2. The van der Waals surface area contributed by atoms with Gasteiger partial charge in [-0.25, -0.2) is 0 Å². The quantitative estimate of drug-likeness (QED) is 0.532. The summed E-state index contributed by atoms with van der Waals surface area (Å²) in [5, 5.41) is 10.5. The first-order valence-corrected chi connectivity index (χ1v) is 6.90. The van der Waals surface area contributed by atoms with Crippen molar-refractivity contribution >= 4 is 22.7 Å². The van der Waals surface area contributed by atoms with Gasteiger partial charge in [0, 0.05) is 4.88 Å². The summed E-state index contributed by atoms with van der Waals surface area (Å²) in [4.78, 5) is 1.27. The molecule has 0 saturated carbocycles. The highest BCUT2D eigenvalue weighted by atomic mass is 32.1. The van der Waals surface area contributed by atoms with Gasteiger partial charge in [0.25, 0.3) is 0 Å². The lowest BCUT2D eigenvalue weighted by Crippen LogP contribution is -1.70. The second-order valence-corrected chi connectivity index (χ2v) is 5.01. The fourth-order valence-corrected chi connectivity index (χ4v) is 2.48. The molecule has 1 heterocycles. The highest BCUT2D eigenvalue weighted by Gasteiger charge is 1.98. The molecule has 3 heteroatoms. The van der Waals surface area contributed by atoms with E-state index in [4.69, 9.17) is 0 Å². The number of rotatable bonds is 3. The summed E-state index contributed by atoms with van der Waals surface area (Å²) in [6, 6.07) is 22.0. The van der Waals surface area contributed by atoms with Crippen LogP contribution in [0.5, 0.6) is 0 Å². The van der Waals surface area contributed by atoms with E-state index in [1.807, 2.05) is 42.5 Å². The molecule has 3 rings (SSSR count). The van der Waals surface area contributed by atoms with Crippen molar-refractivity contribution in [1.29, 1.82) is 0 Å². The van der Waals surface area contributed by atoms with Gasteiger partial charge >= 0.3 is 0 Å². The average Bonchev–Trinajstić information content (AvgIpc) is 3.01. The Balaban J connectivity index is 1.78. The predicted octanol–water partition coefficient (Wildman–Crippen LogP) is 5.83. The molecule has 19 heavy (non-hydrogen) atoms. The van der Waals surface area contributed by atoms with E-state index in [0.717, 1.165) is 11.4 Å². The molecule has 0 bridgehead atoms. The molecule has 92 valence electrons. The molecule has 3 aromatic rings. The molecule has 1 aromatic heterocycles. The van der Waals surface area contributed by atoms with E-state index in [9.17, 15) is 0 Å². The van der Waals surface area contributed by atoms with Crippen molar-refractivity contribution < 1.29 is 0 Å². The first kappa shape index (κ1) is 11.8. The number of thiophene rings is 1. The van der Waals surface area contributed by atoms with Crippen LogP contribution in [-0.4, -0.2) is 0 Å². The molecule has 0 aliphatic heterocycles. The number of hydrogen-bond donors (Lipinski definition) is 0. The van der Waals surface area contributed by atoms with Gasteiger partial charge in [-0.2, -0.15) is 10.2 Å². The minimum atomic E-state index is 0.865. The molecule has 0 spiro atoms. The number of azo groups is 1. The summed E-state index contributed by atoms with van der Waals surface area (Å²) in [6.07, 6.45) is 0. The minimum absolute atomic E-state index is 0.865. The Hall–Kier alpha value is -2.26. The lowest BCUT2D eigenvalue weighted by Gasteiger charge is -1.97. The van der Waals surface area contributed by atoms with Crippen LogP contribution < -0.4 is 0 Å². The molecule has 0 aliphatic rings. The third-order valence-corrected chi connectivity index (χ3v) is 3.63. The van der Waals surface area contributed by atoms with Crippen LogP contribution in [0.2, 0.25) is 0 Å². The predicted molar refractivity (Wildman–Crippen MR) is 80.4 cm³/mol. The van der Waals surface area contributed by atoms with E-state index in [2.05, 4.69) is 39.9 Å². The van der Waals surface area contributed by atoms with Crippen molar-refractivity contribution in [3.8, 4) is 10.4 Å². The van der Waals surface area contributed by atoms with Gasteiger partial charge in [-0.3, -0.25) is 0 Å². The Morgan fingerprint density at radius 2 is 1.32 bits per heavy atom. The van der Waals surface area contributed by atoms with Crippen molar-refractivity contribution in [3.63, 3.8) is 0 Å². The summed E-state index contributed by atoms with van der Waals surface area (Å²) >= 11 is 1.74. The molecule has 0 radical (unpaired) electrons. The van der Waals surface area contributed by atoms with Gasteiger partial charge in [0.1, 0.15) is 0 Å². The minimum Gasteiger partial charge on any atom is -0.151 e. The van der Waals surface area contributed by atoms with Crippen molar-refractivity contribution in [2.24, 2.45) is 10.2 Å². The normalized spacial score (nSPS) is 10.9. The van der Waals surface area contributed by atoms with Crippen LogP contribution >= 0.6 is 11.3 Å². The van der Waals surface area contributed by atoms with Gasteiger partial charge in [-0.05, 0) is 41.3 Å². The summed E-state index contributed by atoms with van der Waals surface area (Å²) in [5.74, 6) is 0. The van der Waals surface area contributed by atoms with Gasteiger partial charge in [-0.15, -0.1) is 11.3 Å². The summed E-state index contributed by atoms with van der Waals surface area (Å²) in [6.45, 7) is 0. The summed E-state index contributed by atoms with van der Waals surface area (Å²) < 4.78 is 0. The second kappa shape index (κ2) is 5.59. The van der Waals surface area contributed by atoms with Crippen LogP contribution in [0.3, 0.4) is 0 Å². The van der Waals surface area contributed by atoms with Gasteiger partial charge in [0.05, 0.1) is 11.4 Å². The third kappa shape index (κ3) is 2.95. The van der Waals surface area contributed by atoms with E-state index in [0.29, 0.717) is 0 Å². The van der Waals surface area contributed by atoms with Gasteiger partial charge in [-0.1, -0.05) is 36.4 Å². The zero-order valence-corrected chi connectivity index (χ0v) is 11.0. The van der Waals surface area contributed by atoms with Crippen LogP contribution in [0.1, 0.15) is 0 Å². The number of nitrogens with zero attached hydrogens (tertiary/aromatic N) is 2. The van der Waals surface area contributed by atoms with Crippen molar-refractivity contribution in [3.05, 3.63) is 72.1 Å². The Labute approximate surface area is 116 Å². The first-order chi connectivity index (χ1) is 9.42. The Morgan fingerprint density at radius 3 is 1.95 bits per heavy atom. The number of benzene rings is 2. The maximum atomic E-state index is 4.23. The molecule has 0 atom stereocenters. The van der Waals surface area contributed by atoms with Gasteiger partial charge in [0.15, 0.2) is 0 Å². The second-order valence-electron chi connectivity index (χ2n) is 4.06. The summed E-state index contributed by atoms with van der Waals surface area (Å²) in [5.41, 5.74) is 2.95. The molecule has 2 aromatic carbocycles. The molecule has 0 N–H and O–H groups in total. The van der Waals surface area contributed by atoms with Gasteiger partial charge in [0.2, 0.25) is 0 Å². The van der Waals surface area contributed by atoms with E-state index in [1.54, 1.807) is 11.3 Å². The highest BCUT2D eigenvalue weighted by Crippen LogP contribution is 2.27. The van der Waals surface area contributed by atoms with Crippen LogP contribution in [0.25, 0.3) is 10.4 Å². The van der Waals surface area contributed by atoms with E-state index >= 15 is 0 Å². The van der Waals surface area contributed by atoms with Gasteiger partial charge < -0.3 is 0 Å². The maximum Gasteiger partial charge on any atom is 0.0857 e. The SMILES string of the molecule is c1ccc(/N=N/c2ccc(-c3cccs3)cc2)cc1. The van der Waals surface area contributed by atoms with E-state index < -0.39 is 0 Å². The van der Waals surface area contributed by atoms with Crippen molar-refractivity contribution in [1.82, 2.24) is 0 Å². The molecule has 0 amide bonds. The maximum absolute atomic E-state index is 4.23. The smallest absolute Gasteiger partial charge is 0.0857 e. The Kier molecular flexibility index (Phi) is 3.47. The molecular formula is C16H12N2S. The zero-order chi connectivity index (χ0) is 12.9. The lowest BCUT2D eigenvalue weighted by molar-refractivity contribution is 1.23. The Bertz CT molecular complexity index is 656. The molecule has 0 aliphatic carbocycles. The van der Waals surface area contributed by atoms with Crippen LogP contribution in [0, 0.1) is 0 Å². The monoisotopic (exact) mass is 264 g/mol. The topological polar surface area (TPSA) is 24.7 Å². The number of hydrogen-bond acceptors (Lipinski definition) is 3. The van der Waals surface area contributed by atoms with Crippen LogP contribution in [0.4, 0.5) is 11.4 Å². The van der Waals surface area contributed by atoms with Crippen LogP contribution in [-0.2, 0) is 0 Å². The van der Waals surface area contributed by atoms with Crippen molar-refractivity contribution in [2.75, 3.05) is 0 Å². The third-order valence-electron chi connectivity index (χ3n) is 2.71. The fraction of sp³-hybridized carbons (Fsp3) is 0. The van der Waals surface area contributed by atoms with Crippen molar-refractivity contribution in [2.45, 2.75) is 0 Å². The molecule has 2 nitrogen and oxygen atoms in total. The summed E-state index contributed by atoms with van der Waals surface area (Å²) in [7, 11) is 0. The van der Waals surface area contributed by atoms with E-state index in [-0.39, 0.29) is 0 Å². The largest absolute Gasteiger partial charge is 0.151 e. The highest BCUT2D eigenvalue weighted by molar-refractivity contribution is 7.13. The van der Waals surface area contributed by atoms with E-state index in [1.165, 1.54) is 10.4 Å². The Morgan fingerprint density at radius 1 is 0.632 bits per heavy atom. The standard InChI is InChI=1S/C16H12N2S/c1-2-5-14(6-3-1)17-18-15-10-8-13(9-11-15)16-7-4-12-19-16/h1-12H/b18-17+. The first-order valence-electron chi connectivity index (χ1n) is 6.02. The molecule has 0 fully saturated rings. The average molecular weight is 264 g/mol.